The summed E-state index contributed by atoms with van der Waals surface area (Å²) in [5.74, 6) is 0. The summed E-state index contributed by atoms with van der Waals surface area (Å²) in [7, 11) is 0. The summed E-state index contributed by atoms with van der Waals surface area (Å²) in [6.07, 6.45) is 2.40. The molecule has 0 bridgehead atoms. The van der Waals surface area contributed by atoms with Crippen molar-refractivity contribution in [2.75, 3.05) is 0 Å². The predicted molar refractivity (Wildman–Crippen MR) is 44.7 cm³/mol. The van der Waals surface area contributed by atoms with Crippen molar-refractivity contribution >= 4 is 6.29 Å². The Morgan fingerprint density at radius 1 is 1.55 bits per heavy atom. The van der Waals surface area contributed by atoms with E-state index < -0.39 is 0 Å². The summed E-state index contributed by atoms with van der Waals surface area (Å²) >= 11 is 0. The number of aromatic nitrogens is 1. The lowest BCUT2D eigenvalue weighted by atomic mass is 10.2. The van der Waals surface area contributed by atoms with Crippen LogP contribution >= 0.6 is 0 Å². The summed E-state index contributed by atoms with van der Waals surface area (Å²) in [6.45, 7) is 4.08. The van der Waals surface area contributed by atoms with E-state index in [1.165, 1.54) is 17.0 Å². The molecule has 11 heavy (non-hydrogen) atoms. The fraction of sp³-hybridized carbons (Fsp3) is 0.444. The summed E-state index contributed by atoms with van der Waals surface area (Å²) in [4.78, 5) is 13.3. The van der Waals surface area contributed by atoms with Crippen molar-refractivity contribution in [1.82, 2.24) is 4.98 Å². The van der Waals surface area contributed by atoms with Gasteiger partial charge in [0.1, 0.15) is 6.29 Å². The molecule has 0 aliphatic rings. The molecule has 1 aromatic rings. The maximum Gasteiger partial charge on any atom is 0.120 e. The molecule has 0 fully saturated rings. The summed E-state index contributed by atoms with van der Waals surface area (Å²) in [5.41, 5.74) is 3.61. The largest absolute Gasteiger partial charge is 0.362 e. The highest BCUT2D eigenvalue weighted by atomic mass is 16.1. The molecule has 1 N–H and O–H groups in total. The van der Waals surface area contributed by atoms with E-state index in [1.54, 1.807) is 0 Å². The third kappa shape index (κ3) is 1.93. The zero-order chi connectivity index (χ0) is 8.27. The number of rotatable bonds is 3. The van der Waals surface area contributed by atoms with Gasteiger partial charge in [0.15, 0.2) is 0 Å². The Morgan fingerprint density at radius 2 is 2.27 bits per heavy atom. The monoisotopic (exact) mass is 151 g/mol. The lowest BCUT2D eigenvalue weighted by molar-refractivity contribution is -0.107. The molecule has 0 unspecified atom stereocenters. The van der Waals surface area contributed by atoms with Crippen LogP contribution in [0.15, 0.2) is 6.07 Å². The minimum Gasteiger partial charge on any atom is -0.362 e. The normalized spacial score (nSPS) is 10.0. The number of hydrogen-bond acceptors (Lipinski definition) is 1. The van der Waals surface area contributed by atoms with Gasteiger partial charge in [0.25, 0.3) is 0 Å². The first-order chi connectivity index (χ1) is 5.24. The minimum absolute atomic E-state index is 0.612. The number of carbonyl (C=O) groups excluding carboxylic acids is 1. The molecule has 0 radical (unpaired) electrons. The molecule has 0 aliphatic heterocycles. The van der Waals surface area contributed by atoms with Crippen molar-refractivity contribution in [2.24, 2.45) is 0 Å². The molecule has 60 valence electrons. The Balaban J connectivity index is 2.69. The second kappa shape index (κ2) is 3.37. The fourth-order valence-electron chi connectivity index (χ4n) is 1.25. The van der Waals surface area contributed by atoms with Crippen LogP contribution in [0.1, 0.15) is 23.4 Å². The molecule has 0 aliphatic carbocycles. The van der Waals surface area contributed by atoms with Gasteiger partial charge in [-0.1, -0.05) is 0 Å². The van der Waals surface area contributed by atoms with E-state index in [0.717, 1.165) is 12.7 Å². The molecule has 0 aromatic carbocycles. The van der Waals surface area contributed by atoms with Crippen LogP contribution in [0.3, 0.4) is 0 Å². The van der Waals surface area contributed by atoms with E-state index in [4.69, 9.17) is 0 Å². The van der Waals surface area contributed by atoms with Crippen molar-refractivity contribution in [3.63, 3.8) is 0 Å². The van der Waals surface area contributed by atoms with Crippen molar-refractivity contribution in [3.8, 4) is 0 Å². The van der Waals surface area contributed by atoms with Gasteiger partial charge in [-0.05, 0) is 31.9 Å². The highest BCUT2D eigenvalue weighted by Crippen LogP contribution is 2.09. The number of aryl methyl sites for hydroxylation is 3. The van der Waals surface area contributed by atoms with Gasteiger partial charge in [-0.15, -0.1) is 0 Å². The van der Waals surface area contributed by atoms with Gasteiger partial charge in [-0.3, -0.25) is 0 Å². The first-order valence-corrected chi connectivity index (χ1v) is 3.82. The number of hydrogen-bond donors (Lipinski definition) is 1. The molecular formula is C9H13NO. The Hall–Kier alpha value is -1.05. The molecule has 0 atom stereocenters. The third-order valence-electron chi connectivity index (χ3n) is 1.77. The van der Waals surface area contributed by atoms with Crippen molar-refractivity contribution in [1.29, 1.82) is 0 Å². The topological polar surface area (TPSA) is 32.9 Å². The average molecular weight is 151 g/mol. The van der Waals surface area contributed by atoms with E-state index in [0.29, 0.717) is 6.42 Å². The zero-order valence-electron chi connectivity index (χ0n) is 6.98. The highest BCUT2D eigenvalue weighted by molar-refractivity contribution is 5.50. The van der Waals surface area contributed by atoms with Gasteiger partial charge in [0, 0.05) is 17.8 Å². The fourth-order valence-corrected chi connectivity index (χ4v) is 1.25. The van der Waals surface area contributed by atoms with E-state index in [-0.39, 0.29) is 0 Å². The van der Waals surface area contributed by atoms with Gasteiger partial charge >= 0.3 is 0 Å². The van der Waals surface area contributed by atoms with Crippen molar-refractivity contribution in [3.05, 3.63) is 23.0 Å². The van der Waals surface area contributed by atoms with Crippen LogP contribution in [0.5, 0.6) is 0 Å². The van der Waals surface area contributed by atoms with Crippen molar-refractivity contribution in [2.45, 2.75) is 26.7 Å². The second-order valence-electron chi connectivity index (χ2n) is 2.82. The van der Waals surface area contributed by atoms with Crippen LogP contribution in [0, 0.1) is 13.8 Å². The predicted octanol–water partition coefficient (Wildman–Crippen LogP) is 1.76. The maximum atomic E-state index is 10.1. The first kappa shape index (κ1) is 8.05. The van der Waals surface area contributed by atoms with Gasteiger partial charge in [0.05, 0.1) is 0 Å². The number of nitrogens with one attached hydrogen (secondary N) is 1. The zero-order valence-corrected chi connectivity index (χ0v) is 6.98. The quantitative estimate of drug-likeness (QED) is 0.656. The molecule has 1 aromatic heterocycles. The summed E-state index contributed by atoms with van der Waals surface area (Å²) in [5, 5.41) is 0. The van der Waals surface area contributed by atoms with Crippen LogP contribution < -0.4 is 0 Å². The molecular weight excluding hydrogens is 138 g/mol. The van der Waals surface area contributed by atoms with Crippen LogP contribution in [-0.4, -0.2) is 11.3 Å². The molecule has 2 nitrogen and oxygen atoms in total. The van der Waals surface area contributed by atoms with E-state index in [1.807, 2.05) is 6.92 Å². The summed E-state index contributed by atoms with van der Waals surface area (Å²) in [6, 6.07) is 2.10. The van der Waals surface area contributed by atoms with Gasteiger partial charge in [-0.2, -0.15) is 0 Å². The Labute approximate surface area is 66.6 Å². The molecule has 2 heteroatoms. The maximum absolute atomic E-state index is 10.1. The Kier molecular flexibility index (Phi) is 2.47. The molecule has 1 rings (SSSR count). The van der Waals surface area contributed by atoms with E-state index >= 15 is 0 Å². The van der Waals surface area contributed by atoms with Crippen LogP contribution in [0.2, 0.25) is 0 Å². The molecule has 0 amide bonds. The van der Waals surface area contributed by atoms with Crippen LogP contribution in [0.25, 0.3) is 0 Å². The summed E-state index contributed by atoms with van der Waals surface area (Å²) < 4.78 is 0. The molecule has 0 saturated carbocycles. The first-order valence-electron chi connectivity index (χ1n) is 3.82. The van der Waals surface area contributed by atoms with Crippen LogP contribution in [-0.2, 0) is 11.2 Å². The number of H-pyrrole nitrogens is 1. The number of aldehydes is 1. The van der Waals surface area contributed by atoms with E-state index in [2.05, 4.69) is 18.0 Å². The average Bonchev–Trinajstić information content (AvgIpc) is 2.26. The molecule has 0 spiro atoms. The molecule has 1 heterocycles. The van der Waals surface area contributed by atoms with Gasteiger partial charge in [-0.25, -0.2) is 0 Å². The Morgan fingerprint density at radius 3 is 2.73 bits per heavy atom. The third-order valence-corrected chi connectivity index (χ3v) is 1.77. The van der Waals surface area contributed by atoms with Crippen molar-refractivity contribution < 1.29 is 4.79 Å². The lowest BCUT2D eigenvalue weighted by Crippen LogP contribution is -1.88. The minimum atomic E-state index is 0.612. The SMILES string of the molecule is Cc1cc(C)c(CCC=O)[nH]1. The molecule has 0 saturated heterocycles. The second-order valence-corrected chi connectivity index (χ2v) is 2.82. The number of carbonyl (C=O) groups is 1. The van der Waals surface area contributed by atoms with Crippen LogP contribution in [0.4, 0.5) is 0 Å². The Bertz CT molecular complexity index is 250. The van der Waals surface area contributed by atoms with Gasteiger partial charge in [0.2, 0.25) is 0 Å². The standard InChI is InChI=1S/C9H13NO/c1-7-6-8(2)10-9(7)4-3-5-11/h5-6,10H,3-4H2,1-2H3. The highest BCUT2D eigenvalue weighted by Gasteiger charge is 1.99. The van der Waals surface area contributed by atoms with Gasteiger partial charge < -0.3 is 9.78 Å². The van der Waals surface area contributed by atoms with E-state index in [9.17, 15) is 4.79 Å². The smallest absolute Gasteiger partial charge is 0.120 e. The lowest BCUT2D eigenvalue weighted by Gasteiger charge is -1.93. The number of aromatic amines is 1.